The Balaban J connectivity index is 1.53. The van der Waals surface area contributed by atoms with Crippen molar-refractivity contribution in [2.24, 2.45) is 0 Å². The predicted molar refractivity (Wildman–Crippen MR) is 63.2 cm³/mol. The van der Waals surface area contributed by atoms with Gasteiger partial charge in [0, 0.05) is 7.11 Å². The van der Waals surface area contributed by atoms with Crippen molar-refractivity contribution in [3.05, 3.63) is 0 Å². The molecule has 0 aromatic heterocycles. The molecular formula is C12H23NO4. The van der Waals surface area contributed by atoms with Gasteiger partial charge in [0.1, 0.15) is 12.2 Å². The molecule has 0 aromatic rings. The van der Waals surface area contributed by atoms with Crippen LogP contribution in [-0.4, -0.2) is 64.9 Å². The van der Waals surface area contributed by atoms with Crippen molar-refractivity contribution in [2.45, 2.75) is 31.2 Å². The van der Waals surface area contributed by atoms with Crippen LogP contribution in [0.1, 0.15) is 12.8 Å². The lowest BCUT2D eigenvalue weighted by atomic mass is 10.1. The zero-order valence-corrected chi connectivity index (χ0v) is 10.5. The first-order valence-electron chi connectivity index (χ1n) is 6.44. The van der Waals surface area contributed by atoms with Crippen molar-refractivity contribution in [3.63, 3.8) is 0 Å². The Morgan fingerprint density at radius 2 is 1.76 bits per heavy atom. The Labute approximate surface area is 103 Å². The molecule has 2 fully saturated rings. The highest BCUT2D eigenvalue weighted by Crippen LogP contribution is 2.13. The summed E-state index contributed by atoms with van der Waals surface area (Å²) < 4.78 is 22.1. The van der Waals surface area contributed by atoms with Crippen molar-refractivity contribution in [1.82, 2.24) is 5.32 Å². The van der Waals surface area contributed by atoms with Gasteiger partial charge in [0.15, 0.2) is 0 Å². The summed E-state index contributed by atoms with van der Waals surface area (Å²) in [6.07, 6.45) is 2.75. The van der Waals surface area contributed by atoms with Crippen LogP contribution in [0.15, 0.2) is 0 Å². The third-order valence-electron chi connectivity index (χ3n) is 3.34. The number of piperidine rings is 1. The van der Waals surface area contributed by atoms with E-state index in [0.29, 0.717) is 32.5 Å². The van der Waals surface area contributed by atoms with Gasteiger partial charge in [-0.05, 0) is 25.9 Å². The summed E-state index contributed by atoms with van der Waals surface area (Å²) in [5.74, 6) is 0. The van der Waals surface area contributed by atoms with Crippen LogP contribution in [0.2, 0.25) is 0 Å². The first-order chi connectivity index (χ1) is 8.40. The molecule has 0 aromatic carbocycles. The van der Waals surface area contributed by atoms with Gasteiger partial charge in [-0.15, -0.1) is 0 Å². The number of rotatable bonds is 6. The second-order valence-electron chi connectivity index (χ2n) is 4.54. The lowest BCUT2D eigenvalue weighted by Gasteiger charge is -2.23. The fourth-order valence-corrected chi connectivity index (χ4v) is 2.27. The largest absolute Gasteiger partial charge is 0.376 e. The molecule has 2 aliphatic heterocycles. The van der Waals surface area contributed by atoms with E-state index in [0.717, 1.165) is 25.9 Å². The van der Waals surface area contributed by atoms with E-state index < -0.39 is 0 Å². The highest BCUT2D eigenvalue weighted by Gasteiger charge is 2.28. The molecular weight excluding hydrogens is 222 g/mol. The fraction of sp³-hybridized carbons (Fsp3) is 1.00. The maximum absolute atomic E-state index is 5.76. The highest BCUT2D eigenvalue weighted by molar-refractivity contribution is 4.76. The van der Waals surface area contributed by atoms with Gasteiger partial charge in [0.05, 0.1) is 32.5 Å². The van der Waals surface area contributed by atoms with Gasteiger partial charge in [0.2, 0.25) is 0 Å². The van der Waals surface area contributed by atoms with Crippen LogP contribution in [0.3, 0.4) is 0 Å². The van der Waals surface area contributed by atoms with Gasteiger partial charge in [-0.25, -0.2) is 0 Å². The minimum Gasteiger partial charge on any atom is -0.376 e. The van der Waals surface area contributed by atoms with Crippen molar-refractivity contribution >= 4 is 0 Å². The Morgan fingerprint density at radius 1 is 1.06 bits per heavy atom. The Morgan fingerprint density at radius 3 is 2.53 bits per heavy atom. The lowest BCUT2D eigenvalue weighted by Crippen LogP contribution is -2.34. The SMILES string of the molecule is CO[C@H]1COC[C@@H]1OCCOC1CCNCC1. The molecule has 2 heterocycles. The first kappa shape index (κ1) is 13.2. The van der Waals surface area contributed by atoms with Crippen LogP contribution in [-0.2, 0) is 18.9 Å². The average molecular weight is 245 g/mol. The normalized spacial score (nSPS) is 30.9. The molecule has 17 heavy (non-hydrogen) atoms. The summed E-state index contributed by atoms with van der Waals surface area (Å²) in [5.41, 5.74) is 0. The average Bonchev–Trinajstić information content (AvgIpc) is 2.83. The number of methoxy groups -OCH3 is 1. The Bertz CT molecular complexity index is 209. The van der Waals surface area contributed by atoms with E-state index in [1.807, 2.05) is 0 Å². The van der Waals surface area contributed by atoms with E-state index in [9.17, 15) is 0 Å². The summed E-state index contributed by atoms with van der Waals surface area (Å²) in [5, 5.41) is 3.32. The van der Waals surface area contributed by atoms with Crippen LogP contribution >= 0.6 is 0 Å². The Hall–Kier alpha value is -0.200. The van der Waals surface area contributed by atoms with Gasteiger partial charge in [-0.3, -0.25) is 0 Å². The molecule has 100 valence electrons. The summed E-state index contributed by atoms with van der Waals surface area (Å²) in [4.78, 5) is 0. The fourth-order valence-electron chi connectivity index (χ4n) is 2.27. The molecule has 0 spiro atoms. The standard InChI is InChI=1S/C12H23NO4/c1-14-11-8-15-9-12(11)17-7-6-16-10-2-4-13-5-3-10/h10-13H,2-9H2,1H3/t11-,12-/m0/s1. The van der Waals surface area contributed by atoms with Crippen molar-refractivity contribution < 1.29 is 18.9 Å². The molecule has 0 unspecified atom stereocenters. The summed E-state index contributed by atoms with van der Waals surface area (Å²) in [7, 11) is 1.70. The topological polar surface area (TPSA) is 49.0 Å². The molecule has 0 aliphatic carbocycles. The zero-order valence-electron chi connectivity index (χ0n) is 10.5. The van der Waals surface area contributed by atoms with Crippen molar-refractivity contribution in [3.8, 4) is 0 Å². The lowest BCUT2D eigenvalue weighted by molar-refractivity contribution is -0.0621. The smallest absolute Gasteiger partial charge is 0.109 e. The number of hydrogen-bond donors (Lipinski definition) is 1. The minimum atomic E-state index is 0.0663. The molecule has 2 aliphatic rings. The van der Waals surface area contributed by atoms with E-state index in [2.05, 4.69) is 5.32 Å². The van der Waals surface area contributed by atoms with Crippen LogP contribution in [0.5, 0.6) is 0 Å². The Kier molecular flexibility index (Phi) is 5.67. The number of nitrogens with one attached hydrogen (secondary N) is 1. The number of ether oxygens (including phenoxy) is 4. The summed E-state index contributed by atoms with van der Waals surface area (Å²) in [6, 6.07) is 0. The summed E-state index contributed by atoms with van der Waals surface area (Å²) in [6.45, 7) is 4.68. The third-order valence-corrected chi connectivity index (χ3v) is 3.34. The summed E-state index contributed by atoms with van der Waals surface area (Å²) >= 11 is 0. The predicted octanol–water partition coefficient (Wildman–Crippen LogP) is 0.185. The number of hydrogen-bond acceptors (Lipinski definition) is 5. The molecule has 5 nitrogen and oxygen atoms in total. The first-order valence-corrected chi connectivity index (χ1v) is 6.44. The van der Waals surface area contributed by atoms with Gasteiger partial charge in [0.25, 0.3) is 0 Å². The van der Waals surface area contributed by atoms with Crippen molar-refractivity contribution in [2.75, 3.05) is 46.6 Å². The molecule has 0 amide bonds. The van der Waals surface area contributed by atoms with Gasteiger partial charge < -0.3 is 24.3 Å². The van der Waals surface area contributed by atoms with E-state index in [1.165, 1.54) is 0 Å². The minimum absolute atomic E-state index is 0.0663. The van der Waals surface area contributed by atoms with E-state index in [-0.39, 0.29) is 12.2 Å². The molecule has 2 atom stereocenters. The molecule has 2 rings (SSSR count). The molecule has 0 bridgehead atoms. The van der Waals surface area contributed by atoms with Crippen molar-refractivity contribution in [1.29, 1.82) is 0 Å². The maximum atomic E-state index is 5.76. The van der Waals surface area contributed by atoms with Gasteiger partial charge >= 0.3 is 0 Å². The second kappa shape index (κ2) is 7.28. The highest BCUT2D eigenvalue weighted by atomic mass is 16.6. The molecule has 5 heteroatoms. The van der Waals surface area contributed by atoms with E-state index in [4.69, 9.17) is 18.9 Å². The van der Waals surface area contributed by atoms with Crippen LogP contribution in [0.25, 0.3) is 0 Å². The maximum Gasteiger partial charge on any atom is 0.109 e. The molecule has 0 saturated carbocycles. The van der Waals surface area contributed by atoms with E-state index >= 15 is 0 Å². The van der Waals surface area contributed by atoms with Gasteiger partial charge in [-0.2, -0.15) is 0 Å². The van der Waals surface area contributed by atoms with Crippen LogP contribution < -0.4 is 5.32 Å². The quantitative estimate of drug-likeness (QED) is 0.677. The molecule has 2 saturated heterocycles. The monoisotopic (exact) mass is 245 g/mol. The van der Waals surface area contributed by atoms with Crippen LogP contribution in [0.4, 0.5) is 0 Å². The van der Waals surface area contributed by atoms with Crippen LogP contribution in [0, 0.1) is 0 Å². The molecule has 1 N–H and O–H groups in total. The molecule has 0 radical (unpaired) electrons. The third kappa shape index (κ3) is 4.19. The second-order valence-corrected chi connectivity index (χ2v) is 4.54. The zero-order chi connectivity index (χ0) is 11.9. The van der Waals surface area contributed by atoms with E-state index in [1.54, 1.807) is 7.11 Å². The van der Waals surface area contributed by atoms with Gasteiger partial charge in [-0.1, -0.05) is 0 Å².